The number of rotatable bonds is 5. The van der Waals surface area contributed by atoms with Gasteiger partial charge in [-0.2, -0.15) is 0 Å². The SMILES string of the molecule is Cc1cncc2c1c(C[C@@H]1CCCNC1)cn2-c1ccc(F)cc1C(=O)N(C)C(C)C. The molecular formula is C25H31FN4O. The molecule has 31 heavy (non-hydrogen) atoms. The van der Waals surface area contributed by atoms with Crippen molar-refractivity contribution >= 4 is 16.8 Å². The van der Waals surface area contributed by atoms with Crippen LogP contribution < -0.4 is 5.32 Å². The molecular weight excluding hydrogens is 391 g/mol. The van der Waals surface area contributed by atoms with E-state index in [0.717, 1.165) is 30.6 Å². The van der Waals surface area contributed by atoms with Crippen molar-refractivity contribution in [3.63, 3.8) is 0 Å². The fourth-order valence-corrected chi connectivity index (χ4v) is 4.52. The van der Waals surface area contributed by atoms with E-state index in [-0.39, 0.29) is 11.9 Å². The van der Waals surface area contributed by atoms with Gasteiger partial charge in [-0.25, -0.2) is 4.39 Å². The molecule has 1 aromatic carbocycles. The first-order chi connectivity index (χ1) is 14.9. The summed E-state index contributed by atoms with van der Waals surface area (Å²) in [6.07, 6.45) is 9.23. The second-order valence-corrected chi connectivity index (χ2v) is 8.96. The molecule has 1 amide bonds. The van der Waals surface area contributed by atoms with Crippen molar-refractivity contribution in [3.8, 4) is 5.69 Å². The monoisotopic (exact) mass is 422 g/mol. The molecule has 1 N–H and O–H groups in total. The van der Waals surface area contributed by atoms with Crippen LogP contribution in [0.1, 0.15) is 48.2 Å². The number of pyridine rings is 1. The molecule has 5 nitrogen and oxygen atoms in total. The van der Waals surface area contributed by atoms with Crippen molar-refractivity contribution < 1.29 is 9.18 Å². The zero-order valence-electron chi connectivity index (χ0n) is 18.8. The first kappa shape index (κ1) is 21.5. The molecule has 0 spiro atoms. The highest BCUT2D eigenvalue weighted by molar-refractivity contribution is 5.99. The number of halogens is 1. The predicted molar refractivity (Wildman–Crippen MR) is 122 cm³/mol. The van der Waals surface area contributed by atoms with Gasteiger partial charge in [0.25, 0.3) is 5.91 Å². The first-order valence-electron chi connectivity index (χ1n) is 11.1. The van der Waals surface area contributed by atoms with Gasteiger partial charge in [0, 0.05) is 30.9 Å². The Hall–Kier alpha value is -2.73. The van der Waals surface area contributed by atoms with Gasteiger partial charge in [0.1, 0.15) is 5.82 Å². The fraction of sp³-hybridized carbons (Fsp3) is 0.440. The van der Waals surface area contributed by atoms with Crippen molar-refractivity contribution in [2.75, 3.05) is 20.1 Å². The van der Waals surface area contributed by atoms with Crippen LogP contribution in [0.15, 0.2) is 36.8 Å². The molecule has 1 atom stereocenters. The smallest absolute Gasteiger partial charge is 0.256 e. The Bertz CT molecular complexity index is 1100. The molecule has 1 saturated heterocycles. The third-order valence-corrected chi connectivity index (χ3v) is 6.43. The van der Waals surface area contributed by atoms with E-state index in [4.69, 9.17) is 0 Å². The number of amides is 1. The second kappa shape index (κ2) is 8.79. The van der Waals surface area contributed by atoms with Gasteiger partial charge in [-0.05, 0) is 88.4 Å². The van der Waals surface area contributed by atoms with Crippen LogP contribution in [0.2, 0.25) is 0 Å². The third kappa shape index (κ3) is 4.22. The Morgan fingerprint density at radius 2 is 2.16 bits per heavy atom. The highest BCUT2D eigenvalue weighted by atomic mass is 19.1. The fourth-order valence-electron chi connectivity index (χ4n) is 4.52. The average molecular weight is 423 g/mol. The number of nitrogens with zero attached hydrogens (tertiary/aromatic N) is 3. The third-order valence-electron chi connectivity index (χ3n) is 6.43. The summed E-state index contributed by atoms with van der Waals surface area (Å²) in [4.78, 5) is 19.2. The number of piperidine rings is 1. The molecule has 2 aromatic heterocycles. The second-order valence-electron chi connectivity index (χ2n) is 8.96. The first-order valence-corrected chi connectivity index (χ1v) is 11.1. The number of carbonyl (C=O) groups excluding carboxylic acids is 1. The Kier molecular flexibility index (Phi) is 6.10. The van der Waals surface area contributed by atoms with Crippen molar-refractivity contribution in [1.82, 2.24) is 19.8 Å². The molecule has 0 unspecified atom stereocenters. The molecule has 3 aromatic rings. The molecule has 0 bridgehead atoms. The summed E-state index contributed by atoms with van der Waals surface area (Å²) in [5.41, 5.74) is 4.37. The molecule has 0 radical (unpaired) electrons. The Balaban J connectivity index is 1.85. The van der Waals surface area contributed by atoms with Gasteiger partial charge in [0.15, 0.2) is 0 Å². The van der Waals surface area contributed by atoms with E-state index in [0.29, 0.717) is 17.2 Å². The number of hydrogen-bond donors (Lipinski definition) is 1. The minimum absolute atomic E-state index is 0.0169. The van der Waals surface area contributed by atoms with E-state index in [9.17, 15) is 9.18 Å². The van der Waals surface area contributed by atoms with Crippen molar-refractivity contribution in [2.24, 2.45) is 5.92 Å². The minimum atomic E-state index is -0.413. The van der Waals surface area contributed by atoms with Gasteiger partial charge < -0.3 is 14.8 Å². The van der Waals surface area contributed by atoms with Crippen LogP contribution in [0.4, 0.5) is 4.39 Å². The summed E-state index contributed by atoms with van der Waals surface area (Å²) >= 11 is 0. The van der Waals surface area contributed by atoms with Crippen LogP contribution in [-0.2, 0) is 6.42 Å². The molecule has 4 rings (SSSR count). The molecule has 3 heterocycles. The van der Waals surface area contributed by atoms with Gasteiger partial charge in [-0.15, -0.1) is 0 Å². The van der Waals surface area contributed by atoms with Crippen LogP contribution in [0.25, 0.3) is 16.6 Å². The number of carbonyl (C=O) groups is 1. The maximum atomic E-state index is 14.2. The lowest BCUT2D eigenvalue weighted by atomic mass is 9.92. The van der Waals surface area contributed by atoms with E-state index < -0.39 is 5.82 Å². The standard InChI is InChI=1S/C25H31FN4O/c1-16(2)29(4)25(31)21-11-20(26)7-8-22(21)30-15-19(10-18-6-5-9-27-13-18)24-17(3)12-28-14-23(24)30/h7-8,11-12,14-16,18,27H,5-6,9-10,13H2,1-4H3/t18-/m0/s1. The van der Waals surface area contributed by atoms with Crippen molar-refractivity contribution in [3.05, 3.63) is 59.3 Å². The topological polar surface area (TPSA) is 50.2 Å². The van der Waals surface area contributed by atoms with E-state index in [1.54, 1.807) is 18.0 Å². The summed E-state index contributed by atoms with van der Waals surface area (Å²) in [6, 6.07) is 4.48. The number of aromatic nitrogens is 2. The Morgan fingerprint density at radius 3 is 2.87 bits per heavy atom. The van der Waals surface area contributed by atoms with E-state index >= 15 is 0 Å². The van der Waals surface area contributed by atoms with Crippen molar-refractivity contribution in [2.45, 2.75) is 46.1 Å². The summed E-state index contributed by atoms with van der Waals surface area (Å²) in [6.45, 7) is 8.09. The summed E-state index contributed by atoms with van der Waals surface area (Å²) in [5, 5.41) is 4.68. The Labute approximate surface area is 183 Å². The lowest BCUT2D eigenvalue weighted by molar-refractivity contribution is 0.0754. The zero-order valence-corrected chi connectivity index (χ0v) is 18.8. The molecule has 1 fully saturated rings. The Morgan fingerprint density at radius 1 is 1.35 bits per heavy atom. The number of hydrogen-bond acceptors (Lipinski definition) is 3. The molecule has 0 aliphatic carbocycles. The average Bonchev–Trinajstić information content (AvgIpc) is 3.12. The molecule has 1 aliphatic heterocycles. The summed E-state index contributed by atoms with van der Waals surface area (Å²) < 4.78 is 16.2. The maximum Gasteiger partial charge on any atom is 0.256 e. The van der Waals surface area contributed by atoms with E-state index in [1.807, 2.05) is 30.8 Å². The zero-order chi connectivity index (χ0) is 22.1. The van der Waals surface area contributed by atoms with Gasteiger partial charge >= 0.3 is 0 Å². The van der Waals surface area contributed by atoms with Crippen LogP contribution in [-0.4, -0.2) is 46.5 Å². The molecule has 1 aliphatic rings. The minimum Gasteiger partial charge on any atom is -0.339 e. The van der Waals surface area contributed by atoms with Crippen LogP contribution >= 0.6 is 0 Å². The van der Waals surface area contributed by atoms with Crippen LogP contribution in [0.3, 0.4) is 0 Å². The number of nitrogens with one attached hydrogen (secondary N) is 1. The quantitative estimate of drug-likeness (QED) is 0.659. The van der Waals surface area contributed by atoms with E-state index in [1.165, 1.54) is 35.9 Å². The van der Waals surface area contributed by atoms with Gasteiger partial charge in [-0.1, -0.05) is 0 Å². The normalized spacial score (nSPS) is 16.8. The van der Waals surface area contributed by atoms with Gasteiger partial charge in [0.2, 0.25) is 0 Å². The highest BCUT2D eigenvalue weighted by Gasteiger charge is 2.23. The largest absolute Gasteiger partial charge is 0.339 e. The number of aryl methyl sites for hydroxylation is 1. The number of fused-ring (bicyclic) bond motifs is 1. The lowest BCUT2D eigenvalue weighted by Crippen LogP contribution is -2.33. The highest BCUT2D eigenvalue weighted by Crippen LogP contribution is 2.31. The maximum absolute atomic E-state index is 14.2. The summed E-state index contributed by atoms with van der Waals surface area (Å²) in [5.74, 6) is -0.0183. The predicted octanol–water partition coefficient (Wildman–Crippen LogP) is 4.50. The molecule has 0 saturated carbocycles. The number of benzene rings is 1. The van der Waals surface area contributed by atoms with Gasteiger partial charge in [0.05, 0.1) is 23.0 Å². The lowest BCUT2D eigenvalue weighted by Gasteiger charge is -2.23. The summed E-state index contributed by atoms with van der Waals surface area (Å²) in [7, 11) is 1.75. The molecule has 6 heteroatoms. The van der Waals surface area contributed by atoms with Crippen LogP contribution in [0.5, 0.6) is 0 Å². The van der Waals surface area contributed by atoms with Gasteiger partial charge in [-0.3, -0.25) is 9.78 Å². The van der Waals surface area contributed by atoms with Crippen LogP contribution in [0, 0.1) is 18.7 Å². The van der Waals surface area contributed by atoms with E-state index in [2.05, 4.69) is 23.4 Å². The van der Waals surface area contributed by atoms with Crippen molar-refractivity contribution in [1.29, 1.82) is 0 Å². The molecule has 164 valence electrons.